The highest BCUT2D eigenvalue weighted by Gasteiger charge is 2.05. The third kappa shape index (κ3) is 5.19. The molecule has 5 heteroatoms. The largest absolute Gasteiger partial charge is 0.493 e. The molecule has 0 saturated heterocycles. The standard InChI is InChI=1S/C15H23NO4/c1-5-19-13-8-7-12(9-14(13)17-3)10-16-11-15(18-4)20-6-2/h7-10,15H,5-6,11H2,1-4H3. The Morgan fingerprint density at radius 1 is 1.15 bits per heavy atom. The monoisotopic (exact) mass is 281 g/mol. The maximum atomic E-state index is 5.47. The molecule has 0 N–H and O–H groups in total. The lowest BCUT2D eigenvalue weighted by Crippen LogP contribution is -2.18. The van der Waals surface area contributed by atoms with Crippen molar-refractivity contribution in [2.45, 2.75) is 20.1 Å². The first kappa shape index (κ1) is 16.5. The van der Waals surface area contributed by atoms with Gasteiger partial charge in [0.25, 0.3) is 0 Å². The van der Waals surface area contributed by atoms with Crippen molar-refractivity contribution in [1.29, 1.82) is 0 Å². The van der Waals surface area contributed by atoms with Gasteiger partial charge in [-0.3, -0.25) is 4.99 Å². The maximum Gasteiger partial charge on any atom is 0.176 e. The van der Waals surface area contributed by atoms with Crippen molar-refractivity contribution in [3.63, 3.8) is 0 Å². The summed E-state index contributed by atoms with van der Waals surface area (Å²) < 4.78 is 21.2. The van der Waals surface area contributed by atoms with Crippen LogP contribution in [0.5, 0.6) is 11.5 Å². The van der Waals surface area contributed by atoms with E-state index in [-0.39, 0.29) is 6.29 Å². The number of hydrogen-bond acceptors (Lipinski definition) is 5. The molecule has 112 valence electrons. The van der Waals surface area contributed by atoms with Gasteiger partial charge in [-0.1, -0.05) is 0 Å². The summed E-state index contributed by atoms with van der Waals surface area (Å²) in [5.41, 5.74) is 0.941. The molecule has 1 aromatic carbocycles. The molecule has 0 radical (unpaired) electrons. The maximum absolute atomic E-state index is 5.47. The van der Waals surface area contributed by atoms with E-state index in [1.807, 2.05) is 32.0 Å². The third-order valence-electron chi connectivity index (χ3n) is 2.60. The molecule has 1 atom stereocenters. The zero-order valence-corrected chi connectivity index (χ0v) is 12.6. The van der Waals surface area contributed by atoms with Gasteiger partial charge in [-0.15, -0.1) is 0 Å². The van der Waals surface area contributed by atoms with Gasteiger partial charge in [0, 0.05) is 19.9 Å². The van der Waals surface area contributed by atoms with Crippen LogP contribution in [0.25, 0.3) is 0 Å². The minimum absolute atomic E-state index is 0.305. The molecule has 1 unspecified atom stereocenters. The van der Waals surface area contributed by atoms with Crippen LogP contribution >= 0.6 is 0 Å². The average Bonchev–Trinajstić information content (AvgIpc) is 2.47. The second-order valence-corrected chi connectivity index (χ2v) is 3.96. The van der Waals surface area contributed by atoms with Crippen molar-refractivity contribution < 1.29 is 18.9 Å². The molecule has 0 aliphatic rings. The number of nitrogens with zero attached hydrogens (tertiary/aromatic N) is 1. The predicted octanol–water partition coefficient (Wildman–Crippen LogP) is 2.52. The molecule has 0 heterocycles. The number of methoxy groups -OCH3 is 2. The zero-order chi connectivity index (χ0) is 14.8. The molecule has 20 heavy (non-hydrogen) atoms. The van der Waals surface area contributed by atoms with Gasteiger partial charge in [-0.05, 0) is 37.6 Å². The third-order valence-corrected chi connectivity index (χ3v) is 2.60. The van der Waals surface area contributed by atoms with Crippen molar-refractivity contribution in [2.75, 3.05) is 34.0 Å². The second-order valence-electron chi connectivity index (χ2n) is 3.96. The first-order chi connectivity index (χ1) is 9.74. The summed E-state index contributed by atoms with van der Waals surface area (Å²) in [6.07, 6.45) is 1.46. The Morgan fingerprint density at radius 2 is 1.95 bits per heavy atom. The van der Waals surface area contributed by atoms with Crippen LogP contribution in [0.15, 0.2) is 23.2 Å². The van der Waals surface area contributed by atoms with Crippen LogP contribution in [0, 0.1) is 0 Å². The average molecular weight is 281 g/mol. The molecule has 0 saturated carbocycles. The molecule has 1 rings (SSSR count). The lowest BCUT2D eigenvalue weighted by Gasteiger charge is -2.12. The van der Waals surface area contributed by atoms with Crippen LogP contribution in [-0.4, -0.2) is 46.5 Å². The van der Waals surface area contributed by atoms with Gasteiger partial charge in [-0.2, -0.15) is 0 Å². The lowest BCUT2D eigenvalue weighted by molar-refractivity contribution is -0.112. The first-order valence-electron chi connectivity index (χ1n) is 6.70. The summed E-state index contributed by atoms with van der Waals surface area (Å²) in [5.74, 6) is 1.43. The molecule has 0 aromatic heterocycles. The van der Waals surface area contributed by atoms with Gasteiger partial charge in [0.1, 0.15) is 0 Å². The molecule has 0 spiro atoms. The quantitative estimate of drug-likeness (QED) is 0.515. The lowest BCUT2D eigenvalue weighted by atomic mass is 10.2. The minimum atomic E-state index is -0.305. The van der Waals surface area contributed by atoms with Gasteiger partial charge in [0.2, 0.25) is 0 Å². The Labute approximate surface area is 120 Å². The Hall–Kier alpha value is -1.59. The summed E-state index contributed by atoms with van der Waals surface area (Å²) in [5, 5.41) is 0. The summed E-state index contributed by atoms with van der Waals surface area (Å²) in [4.78, 5) is 4.31. The van der Waals surface area contributed by atoms with E-state index in [1.54, 1.807) is 20.4 Å². The van der Waals surface area contributed by atoms with Crippen molar-refractivity contribution in [3.8, 4) is 11.5 Å². The van der Waals surface area contributed by atoms with Crippen LogP contribution in [0.4, 0.5) is 0 Å². The summed E-state index contributed by atoms with van der Waals surface area (Å²) >= 11 is 0. The highest BCUT2D eigenvalue weighted by atomic mass is 16.7. The van der Waals surface area contributed by atoms with Crippen LogP contribution in [0.1, 0.15) is 19.4 Å². The Morgan fingerprint density at radius 3 is 2.55 bits per heavy atom. The second kappa shape index (κ2) is 9.34. The molecule has 0 aliphatic heterocycles. The van der Waals surface area contributed by atoms with Crippen molar-refractivity contribution in [2.24, 2.45) is 4.99 Å². The van der Waals surface area contributed by atoms with Gasteiger partial charge < -0.3 is 18.9 Å². The predicted molar refractivity (Wildman–Crippen MR) is 79.0 cm³/mol. The highest BCUT2D eigenvalue weighted by molar-refractivity contribution is 5.80. The van der Waals surface area contributed by atoms with E-state index in [0.29, 0.717) is 25.5 Å². The normalized spacial score (nSPS) is 12.6. The zero-order valence-electron chi connectivity index (χ0n) is 12.6. The number of ether oxygens (including phenoxy) is 4. The van der Waals surface area contributed by atoms with E-state index in [1.165, 1.54) is 0 Å². The molecular formula is C15H23NO4. The van der Waals surface area contributed by atoms with Gasteiger partial charge >= 0.3 is 0 Å². The molecule has 0 fully saturated rings. The van der Waals surface area contributed by atoms with E-state index >= 15 is 0 Å². The van der Waals surface area contributed by atoms with Crippen LogP contribution in [0.3, 0.4) is 0 Å². The summed E-state index contributed by atoms with van der Waals surface area (Å²) in [7, 11) is 3.23. The van der Waals surface area contributed by atoms with E-state index < -0.39 is 0 Å². The fourth-order valence-electron chi connectivity index (χ4n) is 1.66. The molecule has 5 nitrogen and oxygen atoms in total. The Bertz CT molecular complexity index is 420. The number of benzene rings is 1. The van der Waals surface area contributed by atoms with Crippen molar-refractivity contribution in [1.82, 2.24) is 0 Å². The summed E-state index contributed by atoms with van der Waals surface area (Å²) in [6.45, 7) is 5.53. The van der Waals surface area contributed by atoms with Gasteiger partial charge in [0.15, 0.2) is 17.8 Å². The Balaban J connectivity index is 2.67. The molecule has 0 amide bonds. The molecular weight excluding hydrogens is 258 g/mol. The fourth-order valence-corrected chi connectivity index (χ4v) is 1.66. The topological polar surface area (TPSA) is 49.3 Å². The summed E-state index contributed by atoms with van der Waals surface area (Å²) in [6, 6.07) is 5.69. The highest BCUT2D eigenvalue weighted by Crippen LogP contribution is 2.27. The first-order valence-corrected chi connectivity index (χ1v) is 6.70. The van der Waals surface area contributed by atoms with Crippen LogP contribution < -0.4 is 9.47 Å². The van der Waals surface area contributed by atoms with Crippen LogP contribution in [-0.2, 0) is 9.47 Å². The molecule has 0 aliphatic carbocycles. The number of hydrogen-bond donors (Lipinski definition) is 0. The van der Waals surface area contributed by atoms with E-state index in [0.717, 1.165) is 11.3 Å². The number of rotatable bonds is 9. The molecule has 0 bridgehead atoms. The van der Waals surface area contributed by atoms with Crippen molar-refractivity contribution in [3.05, 3.63) is 23.8 Å². The van der Waals surface area contributed by atoms with Gasteiger partial charge in [0.05, 0.1) is 20.3 Å². The SMILES string of the molecule is CCOc1ccc(C=NCC(OC)OCC)cc1OC. The number of aliphatic imine (C=N–C) groups is 1. The van der Waals surface area contributed by atoms with E-state index in [2.05, 4.69) is 4.99 Å². The smallest absolute Gasteiger partial charge is 0.176 e. The van der Waals surface area contributed by atoms with Crippen molar-refractivity contribution >= 4 is 6.21 Å². The Kier molecular flexibility index (Phi) is 7.69. The van der Waals surface area contributed by atoms with Gasteiger partial charge in [-0.25, -0.2) is 0 Å². The van der Waals surface area contributed by atoms with E-state index in [4.69, 9.17) is 18.9 Å². The fraction of sp³-hybridized carbons (Fsp3) is 0.533. The van der Waals surface area contributed by atoms with E-state index in [9.17, 15) is 0 Å². The minimum Gasteiger partial charge on any atom is -0.493 e. The molecule has 1 aromatic rings. The van der Waals surface area contributed by atoms with Crippen LogP contribution in [0.2, 0.25) is 0 Å².